The van der Waals surface area contributed by atoms with Crippen molar-refractivity contribution in [1.82, 2.24) is 0 Å². The van der Waals surface area contributed by atoms with E-state index < -0.39 is 23.0 Å². The SMILES string of the molecule is O=[N+]([O-])c1ccc(Cl)c(CO)c1F. The summed E-state index contributed by atoms with van der Waals surface area (Å²) in [5.41, 5.74) is -0.940. The smallest absolute Gasteiger partial charge is 0.305 e. The molecule has 1 aromatic carbocycles. The van der Waals surface area contributed by atoms with Gasteiger partial charge in [0.1, 0.15) is 0 Å². The number of benzene rings is 1. The zero-order valence-electron chi connectivity index (χ0n) is 6.33. The number of nitro groups is 1. The standard InChI is InChI=1S/C7H5ClFNO3/c8-5-1-2-6(10(12)13)7(9)4(5)3-11/h1-2,11H,3H2. The molecule has 0 aliphatic carbocycles. The minimum atomic E-state index is -1.08. The predicted octanol–water partition coefficient (Wildman–Crippen LogP) is 1.88. The van der Waals surface area contributed by atoms with Crippen molar-refractivity contribution in [2.45, 2.75) is 6.61 Å². The van der Waals surface area contributed by atoms with Crippen molar-refractivity contribution in [3.8, 4) is 0 Å². The van der Waals surface area contributed by atoms with E-state index in [2.05, 4.69) is 0 Å². The summed E-state index contributed by atoms with van der Waals surface area (Å²) in [4.78, 5) is 9.37. The highest BCUT2D eigenvalue weighted by Crippen LogP contribution is 2.26. The van der Waals surface area contributed by atoms with Crippen LogP contribution < -0.4 is 0 Å². The Morgan fingerprint density at radius 2 is 2.23 bits per heavy atom. The summed E-state index contributed by atoms with van der Waals surface area (Å²) in [5, 5.41) is 18.9. The van der Waals surface area contributed by atoms with Gasteiger partial charge in [-0.1, -0.05) is 11.6 Å². The summed E-state index contributed by atoms with van der Waals surface area (Å²) < 4.78 is 13.1. The molecule has 0 saturated heterocycles. The number of rotatable bonds is 2. The second kappa shape index (κ2) is 3.68. The minimum absolute atomic E-state index is 0.0226. The highest BCUT2D eigenvalue weighted by atomic mass is 35.5. The zero-order chi connectivity index (χ0) is 10.0. The molecule has 1 aromatic rings. The molecule has 0 radical (unpaired) electrons. The summed E-state index contributed by atoms with van der Waals surface area (Å²) in [6, 6.07) is 2.13. The van der Waals surface area contributed by atoms with Crippen LogP contribution in [0.5, 0.6) is 0 Å². The Kier molecular flexibility index (Phi) is 2.79. The molecule has 1 N–H and O–H groups in total. The van der Waals surface area contributed by atoms with Gasteiger partial charge in [0, 0.05) is 16.7 Å². The van der Waals surface area contributed by atoms with E-state index in [0.29, 0.717) is 0 Å². The van der Waals surface area contributed by atoms with E-state index in [0.717, 1.165) is 6.07 Å². The molecule has 0 heterocycles. The minimum Gasteiger partial charge on any atom is -0.392 e. The number of halogens is 2. The van der Waals surface area contributed by atoms with Gasteiger partial charge in [0.25, 0.3) is 0 Å². The van der Waals surface area contributed by atoms with E-state index in [4.69, 9.17) is 16.7 Å². The van der Waals surface area contributed by atoms with E-state index >= 15 is 0 Å². The van der Waals surface area contributed by atoms with Crippen LogP contribution >= 0.6 is 11.6 Å². The van der Waals surface area contributed by atoms with Gasteiger partial charge < -0.3 is 5.11 Å². The van der Waals surface area contributed by atoms with E-state index in [1.54, 1.807) is 0 Å². The maximum absolute atomic E-state index is 13.1. The molecule has 0 aliphatic rings. The average molecular weight is 206 g/mol. The van der Waals surface area contributed by atoms with E-state index in [9.17, 15) is 14.5 Å². The fourth-order valence-corrected chi connectivity index (χ4v) is 1.08. The van der Waals surface area contributed by atoms with Crippen molar-refractivity contribution in [2.24, 2.45) is 0 Å². The molecule has 13 heavy (non-hydrogen) atoms. The monoisotopic (exact) mass is 205 g/mol. The summed E-state index contributed by atoms with van der Waals surface area (Å²) in [5.74, 6) is -1.08. The van der Waals surface area contributed by atoms with E-state index in [-0.39, 0.29) is 10.6 Å². The Morgan fingerprint density at radius 3 is 2.69 bits per heavy atom. The van der Waals surface area contributed by atoms with Gasteiger partial charge in [-0.05, 0) is 6.07 Å². The molecule has 0 amide bonds. The van der Waals surface area contributed by atoms with Crippen LogP contribution in [0, 0.1) is 15.9 Å². The van der Waals surface area contributed by atoms with Crippen LogP contribution in [0.1, 0.15) is 5.56 Å². The van der Waals surface area contributed by atoms with Crippen LogP contribution in [-0.4, -0.2) is 10.0 Å². The van der Waals surface area contributed by atoms with Gasteiger partial charge in [-0.25, -0.2) is 0 Å². The number of hydrogen-bond donors (Lipinski definition) is 1. The Hall–Kier alpha value is -1.20. The molecule has 70 valence electrons. The molecule has 4 nitrogen and oxygen atoms in total. The molecule has 0 bridgehead atoms. The lowest BCUT2D eigenvalue weighted by molar-refractivity contribution is -0.387. The number of aliphatic hydroxyl groups is 1. The van der Waals surface area contributed by atoms with Crippen LogP contribution in [0.25, 0.3) is 0 Å². The van der Waals surface area contributed by atoms with Gasteiger partial charge in [0.2, 0.25) is 5.82 Å². The van der Waals surface area contributed by atoms with Crippen molar-refractivity contribution in [3.05, 3.63) is 38.7 Å². The van der Waals surface area contributed by atoms with Gasteiger partial charge in [-0.3, -0.25) is 10.1 Å². The predicted molar refractivity (Wildman–Crippen MR) is 44.0 cm³/mol. The molecular weight excluding hydrogens is 201 g/mol. The molecule has 0 aromatic heterocycles. The van der Waals surface area contributed by atoms with Gasteiger partial charge in [0.15, 0.2) is 0 Å². The third-order valence-electron chi connectivity index (χ3n) is 1.52. The fourth-order valence-electron chi connectivity index (χ4n) is 0.871. The third kappa shape index (κ3) is 1.76. The molecule has 0 atom stereocenters. The number of aliphatic hydroxyl groups excluding tert-OH is 1. The molecule has 0 saturated carbocycles. The lowest BCUT2D eigenvalue weighted by atomic mass is 10.2. The molecular formula is C7H5ClFNO3. The highest BCUT2D eigenvalue weighted by molar-refractivity contribution is 6.31. The van der Waals surface area contributed by atoms with Crippen LogP contribution in [0.4, 0.5) is 10.1 Å². The quantitative estimate of drug-likeness (QED) is 0.592. The number of nitrogens with zero attached hydrogens (tertiary/aromatic N) is 1. The Morgan fingerprint density at radius 1 is 1.62 bits per heavy atom. The van der Waals surface area contributed by atoms with Crippen LogP contribution in [-0.2, 0) is 6.61 Å². The second-order valence-electron chi connectivity index (χ2n) is 2.27. The first-order valence-electron chi connectivity index (χ1n) is 3.30. The largest absolute Gasteiger partial charge is 0.392 e. The molecule has 1 rings (SSSR count). The number of nitro benzene ring substituents is 1. The van der Waals surface area contributed by atoms with Crippen molar-refractivity contribution in [1.29, 1.82) is 0 Å². The van der Waals surface area contributed by atoms with Crippen molar-refractivity contribution >= 4 is 17.3 Å². The van der Waals surface area contributed by atoms with Crippen LogP contribution in [0.2, 0.25) is 5.02 Å². The first-order valence-corrected chi connectivity index (χ1v) is 3.68. The maximum Gasteiger partial charge on any atom is 0.305 e. The van der Waals surface area contributed by atoms with E-state index in [1.165, 1.54) is 6.07 Å². The summed E-state index contributed by atoms with van der Waals surface area (Å²) in [6.07, 6.45) is 0. The first-order chi connectivity index (χ1) is 6.07. The summed E-state index contributed by atoms with van der Waals surface area (Å²) in [6.45, 7) is -0.660. The average Bonchev–Trinajstić information content (AvgIpc) is 2.04. The number of hydrogen-bond acceptors (Lipinski definition) is 3. The molecule has 0 spiro atoms. The van der Waals surface area contributed by atoms with Crippen molar-refractivity contribution in [2.75, 3.05) is 0 Å². The Labute approximate surface area is 77.7 Å². The lowest BCUT2D eigenvalue weighted by Crippen LogP contribution is -1.98. The second-order valence-corrected chi connectivity index (χ2v) is 2.68. The Balaban J connectivity index is 3.35. The summed E-state index contributed by atoms with van der Waals surface area (Å²) >= 11 is 5.48. The molecule has 0 fully saturated rings. The fraction of sp³-hybridized carbons (Fsp3) is 0.143. The zero-order valence-corrected chi connectivity index (χ0v) is 7.08. The Bertz CT molecular complexity index is 356. The molecule has 0 unspecified atom stereocenters. The van der Waals surface area contributed by atoms with Crippen molar-refractivity contribution in [3.63, 3.8) is 0 Å². The van der Waals surface area contributed by atoms with Crippen LogP contribution in [0.3, 0.4) is 0 Å². The topological polar surface area (TPSA) is 63.4 Å². The molecule has 0 aliphatic heterocycles. The highest BCUT2D eigenvalue weighted by Gasteiger charge is 2.19. The lowest BCUT2D eigenvalue weighted by Gasteiger charge is -2.01. The normalized spacial score (nSPS) is 10.1. The first kappa shape index (κ1) is 9.88. The third-order valence-corrected chi connectivity index (χ3v) is 1.87. The summed E-state index contributed by atoms with van der Waals surface area (Å²) in [7, 11) is 0. The van der Waals surface area contributed by atoms with Gasteiger partial charge in [-0.15, -0.1) is 0 Å². The van der Waals surface area contributed by atoms with E-state index in [1.807, 2.05) is 0 Å². The maximum atomic E-state index is 13.1. The van der Waals surface area contributed by atoms with Gasteiger partial charge in [0.05, 0.1) is 11.5 Å². The van der Waals surface area contributed by atoms with Gasteiger partial charge >= 0.3 is 5.69 Å². The molecule has 6 heteroatoms. The van der Waals surface area contributed by atoms with Crippen LogP contribution in [0.15, 0.2) is 12.1 Å². The van der Waals surface area contributed by atoms with Crippen molar-refractivity contribution < 1.29 is 14.4 Å². The van der Waals surface area contributed by atoms with Gasteiger partial charge in [-0.2, -0.15) is 4.39 Å².